The van der Waals surface area contributed by atoms with E-state index in [1.165, 1.54) is 19.5 Å². The van der Waals surface area contributed by atoms with Crippen LogP contribution in [0.2, 0.25) is 0 Å². The first-order chi connectivity index (χ1) is 9.24. The van der Waals surface area contributed by atoms with Gasteiger partial charge < -0.3 is 19.9 Å². The van der Waals surface area contributed by atoms with Crippen LogP contribution in [0.3, 0.4) is 0 Å². The minimum atomic E-state index is -1.15. The highest BCUT2D eigenvalue weighted by molar-refractivity contribution is 5.92. The average Bonchev–Trinajstić information content (AvgIpc) is 2.33. The maximum Gasteiger partial charge on any atom is 0.407 e. The van der Waals surface area contributed by atoms with Crippen molar-refractivity contribution >= 4 is 12.1 Å². The van der Waals surface area contributed by atoms with Crippen LogP contribution >= 0.6 is 0 Å². The number of hydrogen-bond donors (Lipinski definition) is 2. The number of nitrogens with one attached hydrogen (secondary N) is 1. The van der Waals surface area contributed by atoms with Crippen LogP contribution in [0.15, 0.2) is 12.4 Å². The summed E-state index contributed by atoms with van der Waals surface area (Å²) in [4.78, 5) is 26.6. The van der Waals surface area contributed by atoms with Crippen molar-refractivity contribution in [3.63, 3.8) is 0 Å². The second kappa shape index (κ2) is 6.23. The number of carbonyl (C=O) groups is 2. The van der Waals surface area contributed by atoms with Gasteiger partial charge in [0.25, 0.3) is 0 Å². The van der Waals surface area contributed by atoms with E-state index in [2.05, 4.69) is 10.3 Å². The molecule has 0 atom stereocenters. The summed E-state index contributed by atoms with van der Waals surface area (Å²) in [6.07, 6.45) is 2.04. The average molecular weight is 282 g/mol. The molecule has 20 heavy (non-hydrogen) atoms. The fraction of sp³-hybridized carbons (Fsp3) is 0.462. The van der Waals surface area contributed by atoms with E-state index in [0.29, 0.717) is 5.56 Å². The summed E-state index contributed by atoms with van der Waals surface area (Å²) < 4.78 is 10.0. The third-order valence-electron chi connectivity index (χ3n) is 2.25. The van der Waals surface area contributed by atoms with Gasteiger partial charge in [0.1, 0.15) is 11.2 Å². The molecule has 0 spiro atoms. The summed E-state index contributed by atoms with van der Waals surface area (Å²) in [7, 11) is 1.36. The number of pyridine rings is 1. The molecule has 0 radical (unpaired) electrons. The number of ether oxygens (including phenoxy) is 2. The SMILES string of the molecule is COc1cncc(CNC(=O)OC(C)(C)C)c1C(=O)O. The van der Waals surface area contributed by atoms with E-state index >= 15 is 0 Å². The molecule has 0 aliphatic carbocycles. The molecule has 7 nitrogen and oxygen atoms in total. The van der Waals surface area contributed by atoms with E-state index in [9.17, 15) is 14.7 Å². The highest BCUT2D eigenvalue weighted by atomic mass is 16.6. The maximum atomic E-state index is 11.5. The number of aromatic nitrogens is 1. The lowest BCUT2D eigenvalue weighted by atomic mass is 10.1. The molecule has 0 saturated carbocycles. The first kappa shape index (κ1) is 15.7. The molecule has 2 N–H and O–H groups in total. The van der Waals surface area contributed by atoms with Gasteiger partial charge in [-0.25, -0.2) is 9.59 Å². The van der Waals surface area contributed by atoms with Crippen molar-refractivity contribution in [3.8, 4) is 5.75 Å². The molecule has 110 valence electrons. The monoisotopic (exact) mass is 282 g/mol. The molecule has 1 aromatic heterocycles. The Bertz CT molecular complexity index is 508. The highest BCUT2D eigenvalue weighted by Gasteiger charge is 2.19. The summed E-state index contributed by atoms with van der Waals surface area (Å²) >= 11 is 0. The smallest absolute Gasteiger partial charge is 0.407 e. The molecule has 0 saturated heterocycles. The molecule has 0 unspecified atom stereocenters. The third-order valence-corrected chi connectivity index (χ3v) is 2.25. The Morgan fingerprint density at radius 1 is 1.35 bits per heavy atom. The number of hydrogen-bond acceptors (Lipinski definition) is 5. The Balaban J connectivity index is 2.83. The maximum absolute atomic E-state index is 11.5. The Hall–Kier alpha value is -2.31. The fourth-order valence-electron chi connectivity index (χ4n) is 1.50. The predicted octanol–water partition coefficient (Wildman–Crippen LogP) is 1.81. The second-order valence-corrected chi connectivity index (χ2v) is 5.04. The number of amides is 1. The van der Waals surface area contributed by atoms with Crippen molar-refractivity contribution in [2.45, 2.75) is 32.9 Å². The zero-order chi connectivity index (χ0) is 15.3. The van der Waals surface area contributed by atoms with Crippen LogP contribution < -0.4 is 10.1 Å². The zero-order valence-electron chi connectivity index (χ0n) is 11.9. The van der Waals surface area contributed by atoms with Crippen molar-refractivity contribution in [3.05, 3.63) is 23.5 Å². The van der Waals surface area contributed by atoms with E-state index in [4.69, 9.17) is 9.47 Å². The predicted molar refractivity (Wildman–Crippen MR) is 70.8 cm³/mol. The van der Waals surface area contributed by atoms with E-state index in [1.807, 2.05) is 0 Å². The van der Waals surface area contributed by atoms with E-state index in [-0.39, 0.29) is 17.9 Å². The Morgan fingerprint density at radius 2 is 2.00 bits per heavy atom. The van der Waals surface area contributed by atoms with Gasteiger partial charge in [0.15, 0.2) is 5.75 Å². The molecule has 0 aliphatic heterocycles. The summed E-state index contributed by atoms with van der Waals surface area (Å²) in [5.41, 5.74) is -0.312. The van der Waals surface area contributed by atoms with Crippen LogP contribution in [0.5, 0.6) is 5.75 Å². The number of alkyl carbamates (subject to hydrolysis) is 1. The fourth-order valence-corrected chi connectivity index (χ4v) is 1.50. The van der Waals surface area contributed by atoms with Crippen molar-refractivity contribution < 1.29 is 24.2 Å². The molecule has 0 aromatic carbocycles. The standard InChI is InChI=1S/C13H18N2O5/c1-13(2,3)20-12(18)15-6-8-5-14-7-9(19-4)10(8)11(16)17/h5,7H,6H2,1-4H3,(H,15,18)(H,16,17). The molecule has 1 heterocycles. The van der Waals surface area contributed by atoms with Crippen LogP contribution in [0.25, 0.3) is 0 Å². The number of carbonyl (C=O) groups excluding carboxylic acids is 1. The number of carboxylic acids is 1. The van der Waals surface area contributed by atoms with Gasteiger partial charge in [0.2, 0.25) is 0 Å². The molecule has 1 rings (SSSR count). The molecule has 1 aromatic rings. The zero-order valence-corrected chi connectivity index (χ0v) is 11.9. The summed E-state index contributed by atoms with van der Waals surface area (Å²) in [6.45, 7) is 5.20. The van der Waals surface area contributed by atoms with Crippen LogP contribution in [0.4, 0.5) is 4.79 Å². The normalized spacial score (nSPS) is 10.8. The molecule has 7 heteroatoms. The van der Waals surface area contributed by atoms with Crippen LogP contribution in [-0.4, -0.2) is 34.9 Å². The Morgan fingerprint density at radius 3 is 2.50 bits per heavy atom. The van der Waals surface area contributed by atoms with Gasteiger partial charge in [-0.2, -0.15) is 0 Å². The lowest BCUT2D eigenvalue weighted by Crippen LogP contribution is -2.32. The van der Waals surface area contributed by atoms with E-state index in [0.717, 1.165) is 0 Å². The van der Waals surface area contributed by atoms with Gasteiger partial charge >= 0.3 is 12.1 Å². The van der Waals surface area contributed by atoms with Crippen LogP contribution in [-0.2, 0) is 11.3 Å². The quantitative estimate of drug-likeness (QED) is 0.874. The molecule has 0 bridgehead atoms. The molecular weight excluding hydrogens is 264 g/mol. The van der Waals surface area contributed by atoms with Gasteiger partial charge in [-0.15, -0.1) is 0 Å². The number of nitrogens with zero attached hydrogens (tertiary/aromatic N) is 1. The lowest BCUT2D eigenvalue weighted by Gasteiger charge is -2.20. The summed E-state index contributed by atoms with van der Waals surface area (Å²) in [6, 6.07) is 0. The van der Waals surface area contributed by atoms with Crippen molar-refractivity contribution in [2.75, 3.05) is 7.11 Å². The van der Waals surface area contributed by atoms with Gasteiger partial charge in [-0.1, -0.05) is 0 Å². The summed E-state index contributed by atoms with van der Waals surface area (Å²) in [5.74, 6) is -1.01. The summed E-state index contributed by atoms with van der Waals surface area (Å²) in [5, 5.41) is 11.7. The van der Waals surface area contributed by atoms with Gasteiger partial charge in [-0.3, -0.25) is 4.98 Å². The number of aromatic carboxylic acids is 1. The first-order valence-corrected chi connectivity index (χ1v) is 5.95. The number of carboxylic acid groups (broad SMARTS) is 1. The van der Waals surface area contributed by atoms with Crippen molar-refractivity contribution in [2.24, 2.45) is 0 Å². The molecule has 1 amide bonds. The van der Waals surface area contributed by atoms with Crippen molar-refractivity contribution in [1.29, 1.82) is 0 Å². The van der Waals surface area contributed by atoms with Crippen molar-refractivity contribution in [1.82, 2.24) is 10.3 Å². The largest absolute Gasteiger partial charge is 0.494 e. The topological polar surface area (TPSA) is 97.8 Å². The second-order valence-electron chi connectivity index (χ2n) is 5.04. The van der Waals surface area contributed by atoms with E-state index < -0.39 is 17.7 Å². The third kappa shape index (κ3) is 4.42. The first-order valence-electron chi connectivity index (χ1n) is 5.95. The highest BCUT2D eigenvalue weighted by Crippen LogP contribution is 2.20. The minimum Gasteiger partial charge on any atom is -0.494 e. The molecule has 0 aliphatic rings. The van der Waals surface area contributed by atoms with Gasteiger partial charge in [-0.05, 0) is 20.8 Å². The van der Waals surface area contributed by atoms with Crippen LogP contribution in [0, 0.1) is 0 Å². The van der Waals surface area contributed by atoms with Gasteiger partial charge in [0, 0.05) is 18.3 Å². The lowest BCUT2D eigenvalue weighted by molar-refractivity contribution is 0.0520. The van der Waals surface area contributed by atoms with E-state index in [1.54, 1.807) is 20.8 Å². The number of rotatable bonds is 4. The molecule has 0 fully saturated rings. The Labute approximate surface area is 116 Å². The van der Waals surface area contributed by atoms with Crippen LogP contribution in [0.1, 0.15) is 36.7 Å². The number of methoxy groups -OCH3 is 1. The Kier molecular flexibility index (Phi) is 4.90. The van der Waals surface area contributed by atoms with Gasteiger partial charge in [0.05, 0.1) is 13.3 Å². The molecular formula is C13H18N2O5. The minimum absolute atomic E-state index is 0.0131.